The standard InChI is InChI=1S/C16H13ClF3N5O2S/c1-6-3-9(16(18,19)20)22-15-11(6)12(13(28-15)14(21)27)23-10(26)5-25-4-8(17)7(2)24-25/h3-4H,5H2,1-2H3,(H2,21,27)(H,23,26). The Morgan fingerprint density at radius 1 is 1.36 bits per heavy atom. The molecule has 3 aromatic heterocycles. The number of carbonyl (C=O) groups is 2. The number of primary amides is 1. The van der Waals surface area contributed by atoms with E-state index in [2.05, 4.69) is 15.4 Å². The number of anilines is 1. The van der Waals surface area contributed by atoms with Crippen LogP contribution in [0.1, 0.15) is 26.6 Å². The Hall–Kier alpha value is -2.66. The van der Waals surface area contributed by atoms with E-state index in [1.807, 2.05) is 0 Å². The van der Waals surface area contributed by atoms with Crippen molar-refractivity contribution in [2.75, 3.05) is 5.32 Å². The molecule has 0 atom stereocenters. The van der Waals surface area contributed by atoms with E-state index in [1.165, 1.54) is 17.8 Å². The lowest BCUT2D eigenvalue weighted by atomic mass is 10.1. The number of nitrogens with one attached hydrogen (secondary N) is 1. The summed E-state index contributed by atoms with van der Waals surface area (Å²) >= 11 is 6.59. The van der Waals surface area contributed by atoms with Crippen molar-refractivity contribution in [3.05, 3.63) is 39.1 Å². The minimum atomic E-state index is -4.64. The number of aryl methyl sites for hydroxylation is 2. The molecule has 0 aliphatic heterocycles. The molecule has 2 amide bonds. The third-order valence-corrected chi connectivity index (χ3v) is 5.30. The van der Waals surface area contributed by atoms with Crippen LogP contribution in [0.4, 0.5) is 18.9 Å². The highest BCUT2D eigenvalue weighted by Gasteiger charge is 2.34. The molecule has 148 valence electrons. The summed E-state index contributed by atoms with van der Waals surface area (Å²) in [6.07, 6.45) is -3.18. The quantitative estimate of drug-likeness (QED) is 0.659. The third-order valence-electron chi connectivity index (χ3n) is 3.83. The summed E-state index contributed by atoms with van der Waals surface area (Å²) in [5, 5.41) is 7.20. The monoisotopic (exact) mass is 431 g/mol. The van der Waals surface area contributed by atoms with Gasteiger partial charge < -0.3 is 11.1 Å². The Kier molecular flexibility index (Phi) is 5.06. The zero-order valence-electron chi connectivity index (χ0n) is 14.5. The SMILES string of the molecule is Cc1nn(CC(=O)Nc2c(C(N)=O)sc3nc(C(F)(F)F)cc(C)c23)cc1Cl. The Labute approximate surface area is 165 Å². The molecule has 0 aromatic carbocycles. The lowest BCUT2D eigenvalue weighted by Gasteiger charge is -2.10. The lowest BCUT2D eigenvalue weighted by Crippen LogP contribution is -2.21. The van der Waals surface area contributed by atoms with E-state index in [1.54, 1.807) is 6.92 Å². The Bertz CT molecular complexity index is 1090. The van der Waals surface area contributed by atoms with Gasteiger partial charge in [-0.3, -0.25) is 14.3 Å². The van der Waals surface area contributed by atoms with Crippen molar-refractivity contribution in [2.45, 2.75) is 26.6 Å². The first kappa shape index (κ1) is 20.1. The number of carbonyl (C=O) groups excluding carboxylic acids is 2. The molecule has 0 bridgehead atoms. The highest BCUT2D eigenvalue weighted by atomic mass is 35.5. The van der Waals surface area contributed by atoms with Crippen LogP contribution >= 0.6 is 22.9 Å². The minimum absolute atomic E-state index is 0.0335. The first-order valence-corrected chi connectivity index (χ1v) is 8.97. The summed E-state index contributed by atoms with van der Waals surface area (Å²) in [5.41, 5.74) is 5.02. The average Bonchev–Trinajstić information content (AvgIpc) is 3.07. The molecule has 3 N–H and O–H groups in total. The van der Waals surface area contributed by atoms with Gasteiger partial charge in [-0.15, -0.1) is 11.3 Å². The number of alkyl halides is 3. The highest BCUT2D eigenvalue weighted by Crippen LogP contribution is 2.39. The molecule has 0 unspecified atom stereocenters. The van der Waals surface area contributed by atoms with Crippen LogP contribution in [-0.4, -0.2) is 26.6 Å². The molecular weight excluding hydrogens is 419 g/mol. The largest absolute Gasteiger partial charge is 0.433 e. The van der Waals surface area contributed by atoms with Gasteiger partial charge in [0, 0.05) is 11.6 Å². The molecule has 12 heteroatoms. The second-order valence-electron chi connectivity index (χ2n) is 5.98. The van der Waals surface area contributed by atoms with Crippen molar-refractivity contribution < 1.29 is 22.8 Å². The summed E-state index contributed by atoms with van der Waals surface area (Å²) < 4.78 is 40.3. The minimum Gasteiger partial charge on any atom is -0.365 e. The fraction of sp³-hybridized carbons (Fsp3) is 0.250. The maximum Gasteiger partial charge on any atom is 0.433 e. The van der Waals surface area contributed by atoms with Gasteiger partial charge in [-0.2, -0.15) is 18.3 Å². The molecule has 0 saturated carbocycles. The van der Waals surface area contributed by atoms with E-state index in [0.29, 0.717) is 22.1 Å². The van der Waals surface area contributed by atoms with Gasteiger partial charge in [0.2, 0.25) is 5.91 Å². The fourth-order valence-electron chi connectivity index (χ4n) is 2.62. The molecule has 0 aliphatic carbocycles. The second-order valence-corrected chi connectivity index (χ2v) is 7.39. The predicted octanol–water partition coefficient (Wildman–Crippen LogP) is 3.52. The lowest BCUT2D eigenvalue weighted by molar-refractivity contribution is -0.141. The molecule has 7 nitrogen and oxygen atoms in total. The Morgan fingerprint density at radius 3 is 2.57 bits per heavy atom. The Morgan fingerprint density at radius 2 is 2.04 bits per heavy atom. The number of amides is 2. The number of rotatable bonds is 4. The topological polar surface area (TPSA) is 103 Å². The number of nitrogens with two attached hydrogens (primary N) is 1. The zero-order chi connectivity index (χ0) is 20.8. The normalized spacial score (nSPS) is 11.8. The zero-order valence-corrected chi connectivity index (χ0v) is 16.1. The number of fused-ring (bicyclic) bond motifs is 1. The van der Waals surface area contributed by atoms with Crippen LogP contribution in [0.5, 0.6) is 0 Å². The van der Waals surface area contributed by atoms with Crippen molar-refractivity contribution in [3.63, 3.8) is 0 Å². The maximum atomic E-state index is 13.0. The summed E-state index contributed by atoms with van der Waals surface area (Å²) in [6.45, 7) is 2.89. The van der Waals surface area contributed by atoms with Gasteiger partial charge in [-0.05, 0) is 25.5 Å². The van der Waals surface area contributed by atoms with Gasteiger partial charge in [-0.1, -0.05) is 11.6 Å². The number of hydrogen-bond donors (Lipinski definition) is 2. The summed E-state index contributed by atoms with van der Waals surface area (Å²) in [6, 6.07) is 0.853. The van der Waals surface area contributed by atoms with Crippen molar-refractivity contribution in [1.29, 1.82) is 0 Å². The number of pyridine rings is 1. The molecule has 0 saturated heterocycles. The maximum absolute atomic E-state index is 13.0. The second kappa shape index (κ2) is 7.06. The third kappa shape index (κ3) is 3.80. The van der Waals surface area contributed by atoms with Gasteiger partial charge >= 0.3 is 6.18 Å². The number of thiophene rings is 1. The van der Waals surface area contributed by atoms with Crippen LogP contribution in [0.25, 0.3) is 10.2 Å². The van der Waals surface area contributed by atoms with Crippen molar-refractivity contribution in [1.82, 2.24) is 14.8 Å². The number of hydrogen-bond acceptors (Lipinski definition) is 5. The van der Waals surface area contributed by atoms with Crippen molar-refractivity contribution in [2.24, 2.45) is 5.73 Å². The first-order valence-electron chi connectivity index (χ1n) is 7.78. The highest BCUT2D eigenvalue weighted by molar-refractivity contribution is 7.21. The Balaban J connectivity index is 2.02. The van der Waals surface area contributed by atoms with E-state index in [-0.39, 0.29) is 32.9 Å². The van der Waals surface area contributed by atoms with Crippen LogP contribution in [0.3, 0.4) is 0 Å². The predicted molar refractivity (Wildman–Crippen MR) is 98.5 cm³/mol. The van der Waals surface area contributed by atoms with Crippen LogP contribution < -0.4 is 11.1 Å². The van der Waals surface area contributed by atoms with Crippen LogP contribution in [-0.2, 0) is 17.5 Å². The van der Waals surface area contributed by atoms with Gasteiger partial charge in [0.1, 0.15) is 21.9 Å². The molecule has 0 spiro atoms. The van der Waals surface area contributed by atoms with E-state index in [0.717, 1.165) is 6.07 Å². The van der Waals surface area contributed by atoms with Crippen LogP contribution in [0, 0.1) is 13.8 Å². The molecule has 0 fully saturated rings. The van der Waals surface area contributed by atoms with Crippen molar-refractivity contribution >= 4 is 50.7 Å². The number of aromatic nitrogens is 3. The molecule has 3 rings (SSSR count). The molecule has 3 heterocycles. The number of halogens is 4. The van der Waals surface area contributed by atoms with Gasteiger partial charge in [0.15, 0.2) is 0 Å². The average molecular weight is 432 g/mol. The summed E-state index contributed by atoms with van der Waals surface area (Å²) in [7, 11) is 0. The van der Waals surface area contributed by atoms with Gasteiger partial charge in [-0.25, -0.2) is 4.98 Å². The summed E-state index contributed by atoms with van der Waals surface area (Å²) in [4.78, 5) is 27.6. The van der Waals surface area contributed by atoms with E-state index in [4.69, 9.17) is 17.3 Å². The smallest absolute Gasteiger partial charge is 0.365 e. The van der Waals surface area contributed by atoms with E-state index in [9.17, 15) is 22.8 Å². The first-order chi connectivity index (χ1) is 13.0. The van der Waals surface area contributed by atoms with E-state index < -0.39 is 23.7 Å². The van der Waals surface area contributed by atoms with E-state index >= 15 is 0 Å². The van der Waals surface area contributed by atoms with Crippen LogP contribution in [0.15, 0.2) is 12.3 Å². The molecule has 0 aliphatic rings. The van der Waals surface area contributed by atoms with Crippen molar-refractivity contribution in [3.8, 4) is 0 Å². The number of nitrogens with zero attached hydrogens (tertiary/aromatic N) is 3. The van der Waals surface area contributed by atoms with Crippen LogP contribution in [0.2, 0.25) is 5.02 Å². The van der Waals surface area contributed by atoms with Gasteiger partial charge in [0.05, 0.1) is 16.4 Å². The fourth-order valence-corrected chi connectivity index (χ4v) is 3.83. The van der Waals surface area contributed by atoms with Gasteiger partial charge in [0.25, 0.3) is 5.91 Å². The molecule has 0 radical (unpaired) electrons. The molecule has 3 aromatic rings. The molecular formula is C16H13ClF3N5O2S. The summed E-state index contributed by atoms with van der Waals surface area (Å²) in [5.74, 6) is -1.44. The molecule has 28 heavy (non-hydrogen) atoms.